The first-order valence-corrected chi connectivity index (χ1v) is 9.62. The molecule has 1 saturated heterocycles. The fourth-order valence-corrected chi connectivity index (χ4v) is 4.91. The second kappa shape index (κ2) is 6.70. The quantitative estimate of drug-likeness (QED) is 0.730. The van der Waals surface area contributed by atoms with Crippen LogP contribution in [0.1, 0.15) is 22.5 Å². The van der Waals surface area contributed by atoms with E-state index in [1.807, 2.05) is 6.07 Å². The Bertz CT molecular complexity index is 867. The smallest absolute Gasteiger partial charge is 0.265 e. The monoisotopic (exact) mass is 377 g/mol. The molecule has 3 aromatic rings. The number of piperidine rings is 1. The summed E-state index contributed by atoms with van der Waals surface area (Å²) in [6, 6.07) is 7.53. The molecule has 0 spiro atoms. The maximum atomic E-state index is 12.9. The molecular formula is C17H16FN3O2S2. The topological polar surface area (TPSA) is 65.5 Å². The largest absolute Gasteiger partial charge is 0.393 e. The number of hydrogen-bond donors (Lipinski definition) is 2. The molecule has 0 atom stereocenters. The number of carbonyl (C=O) groups excluding carboxylic acids is 1. The van der Waals surface area contributed by atoms with Gasteiger partial charge in [0.25, 0.3) is 5.91 Å². The standard InChI is InChI=1S/C17H16FN3O2S2/c18-10-1-3-11(4-2-10)19-15(23)13-9-14-16(24-13)20-17(25-14)21-7-5-12(22)6-8-21/h1-4,9,12,22H,5-8H2,(H,19,23). The van der Waals surface area contributed by atoms with Crippen LogP contribution in [-0.2, 0) is 0 Å². The van der Waals surface area contributed by atoms with Gasteiger partial charge in [-0.3, -0.25) is 4.79 Å². The van der Waals surface area contributed by atoms with Crippen molar-refractivity contribution in [1.29, 1.82) is 0 Å². The third kappa shape index (κ3) is 3.51. The van der Waals surface area contributed by atoms with Crippen LogP contribution in [-0.4, -0.2) is 35.2 Å². The number of nitrogens with zero attached hydrogens (tertiary/aromatic N) is 2. The first-order valence-electron chi connectivity index (χ1n) is 7.99. The number of fused-ring (bicyclic) bond motifs is 1. The number of aromatic nitrogens is 1. The molecule has 1 aliphatic rings. The number of halogens is 1. The lowest BCUT2D eigenvalue weighted by molar-refractivity contribution is 0.103. The van der Waals surface area contributed by atoms with Crippen molar-refractivity contribution in [3.8, 4) is 0 Å². The van der Waals surface area contributed by atoms with Crippen molar-refractivity contribution in [3.63, 3.8) is 0 Å². The molecule has 3 heterocycles. The highest BCUT2D eigenvalue weighted by Gasteiger charge is 2.21. The molecule has 1 fully saturated rings. The number of thiazole rings is 1. The summed E-state index contributed by atoms with van der Waals surface area (Å²) in [5.74, 6) is -0.555. The Labute approximate surface area is 151 Å². The number of carbonyl (C=O) groups is 1. The first-order chi connectivity index (χ1) is 12.1. The predicted molar refractivity (Wildman–Crippen MR) is 99.3 cm³/mol. The predicted octanol–water partition coefficient (Wildman–Crippen LogP) is 3.71. The number of hydrogen-bond acceptors (Lipinski definition) is 6. The molecular weight excluding hydrogens is 361 g/mol. The molecule has 25 heavy (non-hydrogen) atoms. The SMILES string of the molecule is O=C(Nc1ccc(F)cc1)c1cc2sc(N3CCC(O)CC3)nc2s1. The van der Waals surface area contributed by atoms with Crippen molar-refractivity contribution in [3.05, 3.63) is 41.0 Å². The van der Waals surface area contributed by atoms with Crippen molar-refractivity contribution in [1.82, 2.24) is 4.98 Å². The van der Waals surface area contributed by atoms with E-state index in [1.165, 1.54) is 35.6 Å². The van der Waals surface area contributed by atoms with Crippen molar-refractivity contribution in [2.75, 3.05) is 23.3 Å². The van der Waals surface area contributed by atoms with Crippen LogP contribution in [0.2, 0.25) is 0 Å². The van der Waals surface area contributed by atoms with Gasteiger partial charge in [-0.1, -0.05) is 11.3 Å². The van der Waals surface area contributed by atoms with E-state index in [4.69, 9.17) is 0 Å². The van der Waals surface area contributed by atoms with Gasteiger partial charge in [0.1, 0.15) is 10.6 Å². The number of aliphatic hydroxyl groups is 1. The van der Waals surface area contributed by atoms with Gasteiger partial charge in [-0.15, -0.1) is 11.3 Å². The van der Waals surface area contributed by atoms with Gasteiger partial charge < -0.3 is 15.3 Å². The average molecular weight is 377 g/mol. The van der Waals surface area contributed by atoms with E-state index in [2.05, 4.69) is 15.2 Å². The van der Waals surface area contributed by atoms with E-state index in [-0.39, 0.29) is 17.8 Å². The van der Waals surface area contributed by atoms with E-state index >= 15 is 0 Å². The van der Waals surface area contributed by atoms with Gasteiger partial charge in [-0.25, -0.2) is 9.37 Å². The van der Waals surface area contributed by atoms with Gasteiger partial charge in [0.2, 0.25) is 0 Å². The summed E-state index contributed by atoms with van der Waals surface area (Å²) in [5.41, 5.74) is 0.559. The van der Waals surface area contributed by atoms with Crippen LogP contribution >= 0.6 is 22.7 Å². The molecule has 4 rings (SSSR count). The third-order valence-electron chi connectivity index (χ3n) is 4.14. The molecule has 0 saturated carbocycles. The highest BCUT2D eigenvalue weighted by Crippen LogP contribution is 2.35. The third-order valence-corrected chi connectivity index (χ3v) is 6.36. The van der Waals surface area contributed by atoms with Crippen molar-refractivity contribution >= 4 is 48.9 Å². The van der Waals surface area contributed by atoms with Crippen molar-refractivity contribution in [2.45, 2.75) is 18.9 Å². The van der Waals surface area contributed by atoms with E-state index in [9.17, 15) is 14.3 Å². The highest BCUT2D eigenvalue weighted by atomic mass is 32.1. The number of rotatable bonds is 3. The molecule has 8 heteroatoms. The van der Waals surface area contributed by atoms with Gasteiger partial charge in [0.15, 0.2) is 5.13 Å². The lowest BCUT2D eigenvalue weighted by Crippen LogP contribution is -2.35. The summed E-state index contributed by atoms with van der Waals surface area (Å²) in [7, 11) is 0. The lowest BCUT2D eigenvalue weighted by Gasteiger charge is -2.28. The minimum absolute atomic E-state index is 0.209. The zero-order valence-corrected chi connectivity index (χ0v) is 14.9. The Kier molecular flexibility index (Phi) is 4.41. The van der Waals surface area contributed by atoms with Crippen molar-refractivity contribution < 1.29 is 14.3 Å². The number of amides is 1. The fourth-order valence-electron chi connectivity index (χ4n) is 2.75. The normalized spacial score (nSPS) is 15.7. The molecule has 2 N–H and O–H groups in total. The molecule has 130 valence electrons. The van der Waals surface area contributed by atoms with Crippen LogP contribution in [0.25, 0.3) is 9.53 Å². The molecule has 0 aliphatic carbocycles. The summed E-state index contributed by atoms with van der Waals surface area (Å²) in [6.07, 6.45) is 1.32. The van der Waals surface area contributed by atoms with Crippen molar-refractivity contribution in [2.24, 2.45) is 0 Å². The summed E-state index contributed by atoms with van der Waals surface area (Å²) >= 11 is 2.92. The average Bonchev–Trinajstić information content (AvgIpc) is 3.16. The number of anilines is 2. The second-order valence-corrected chi connectivity index (χ2v) is 8.00. The van der Waals surface area contributed by atoms with E-state index < -0.39 is 0 Å². The highest BCUT2D eigenvalue weighted by molar-refractivity contribution is 7.29. The molecule has 1 aromatic carbocycles. The Morgan fingerprint density at radius 2 is 1.96 bits per heavy atom. The van der Waals surface area contributed by atoms with Crippen LogP contribution in [0, 0.1) is 5.82 Å². The molecule has 0 unspecified atom stereocenters. The molecule has 1 amide bonds. The number of benzene rings is 1. The Hall–Kier alpha value is -2.03. The van der Waals surface area contributed by atoms with E-state index in [0.29, 0.717) is 10.6 Å². The number of nitrogens with one attached hydrogen (secondary N) is 1. The Balaban J connectivity index is 1.49. The first kappa shape index (κ1) is 16.4. The Morgan fingerprint density at radius 3 is 2.64 bits per heavy atom. The van der Waals surface area contributed by atoms with Gasteiger partial charge in [0.05, 0.1) is 15.7 Å². The zero-order valence-electron chi connectivity index (χ0n) is 13.2. The minimum atomic E-state index is -0.336. The van der Waals surface area contributed by atoms with Gasteiger partial charge in [-0.05, 0) is 43.2 Å². The van der Waals surface area contributed by atoms with E-state index in [0.717, 1.165) is 40.6 Å². The van der Waals surface area contributed by atoms with Crippen LogP contribution in [0.4, 0.5) is 15.2 Å². The maximum absolute atomic E-state index is 12.9. The van der Waals surface area contributed by atoms with Crippen LogP contribution in [0.5, 0.6) is 0 Å². The summed E-state index contributed by atoms with van der Waals surface area (Å²) in [6.45, 7) is 1.61. The zero-order chi connectivity index (χ0) is 17.4. The molecule has 0 radical (unpaired) electrons. The molecule has 2 aromatic heterocycles. The summed E-state index contributed by atoms with van der Waals surface area (Å²) in [5, 5.41) is 13.3. The van der Waals surface area contributed by atoms with Gasteiger partial charge in [0, 0.05) is 18.8 Å². The number of aliphatic hydroxyl groups excluding tert-OH is 1. The van der Waals surface area contributed by atoms with Crippen LogP contribution < -0.4 is 10.2 Å². The second-order valence-electron chi connectivity index (χ2n) is 5.96. The molecule has 1 aliphatic heterocycles. The van der Waals surface area contributed by atoms with Gasteiger partial charge >= 0.3 is 0 Å². The summed E-state index contributed by atoms with van der Waals surface area (Å²) < 4.78 is 13.9. The van der Waals surface area contributed by atoms with Gasteiger partial charge in [-0.2, -0.15) is 0 Å². The van der Waals surface area contributed by atoms with E-state index in [1.54, 1.807) is 11.3 Å². The maximum Gasteiger partial charge on any atom is 0.265 e. The number of thiophene rings is 1. The Morgan fingerprint density at radius 1 is 1.24 bits per heavy atom. The summed E-state index contributed by atoms with van der Waals surface area (Å²) in [4.78, 5) is 20.6. The fraction of sp³-hybridized carbons (Fsp3) is 0.294. The van der Waals surface area contributed by atoms with Crippen LogP contribution in [0.3, 0.4) is 0 Å². The van der Waals surface area contributed by atoms with Crippen LogP contribution in [0.15, 0.2) is 30.3 Å². The molecule has 0 bridgehead atoms. The molecule has 5 nitrogen and oxygen atoms in total. The minimum Gasteiger partial charge on any atom is -0.393 e. The lowest BCUT2D eigenvalue weighted by atomic mass is 10.1.